The molecule has 11 heteroatoms. The summed E-state index contributed by atoms with van der Waals surface area (Å²) in [6.45, 7) is 3.02. The van der Waals surface area contributed by atoms with Crippen LogP contribution in [0.15, 0.2) is 6.07 Å². The largest absolute Gasteiger partial charge is 0.433 e. The third-order valence-corrected chi connectivity index (χ3v) is 4.32. The molecule has 0 saturated carbocycles. The molecule has 0 radical (unpaired) electrons. The van der Waals surface area contributed by atoms with E-state index in [1.807, 2.05) is 0 Å². The van der Waals surface area contributed by atoms with Gasteiger partial charge in [0.05, 0.1) is 19.3 Å². The van der Waals surface area contributed by atoms with Crippen LogP contribution in [0.4, 0.5) is 24.9 Å². The predicted molar refractivity (Wildman–Crippen MR) is 93.3 cm³/mol. The third-order valence-electron chi connectivity index (χ3n) is 4.08. The molecular weight excluding hydrogens is 371 g/mol. The van der Waals surface area contributed by atoms with Gasteiger partial charge < -0.3 is 25.0 Å². The van der Waals surface area contributed by atoms with E-state index in [1.165, 1.54) is 0 Å². The van der Waals surface area contributed by atoms with Crippen molar-refractivity contribution in [2.75, 3.05) is 49.7 Å². The van der Waals surface area contributed by atoms with E-state index < -0.39 is 11.9 Å². The van der Waals surface area contributed by atoms with Gasteiger partial charge in [0.15, 0.2) is 10.8 Å². The van der Waals surface area contributed by atoms with Crippen LogP contribution in [0.25, 0.3) is 0 Å². The first-order chi connectivity index (χ1) is 12.4. The second-order valence-corrected chi connectivity index (χ2v) is 6.41. The van der Waals surface area contributed by atoms with E-state index in [9.17, 15) is 13.2 Å². The first-order valence-corrected chi connectivity index (χ1v) is 8.78. The van der Waals surface area contributed by atoms with Crippen LogP contribution in [0.1, 0.15) is 18.5 Å². The van der Waals surface area contributed by atoms with E-state index in [0.29, 0.717) is 39.5 Å². The van der Waals surface area contributed by atoms with Gasteiger partial charge in [-0.25, -0.2) is 4.98 Å². The minimum absolute atomic E-state index is 0.0566. The molecule has 26 heavy (non-hydrogen) atoms. The monoisotopic (exact) mass is 391 g/mol. The van der Waals surface area contributed by atoms with Gasteiger partial charge in [0.1, 0.15) is 5.82 Å². The Morgan fingerprint density at radius 2 is 2.04 bits per heavy atom. The van der Waals surface area contributed by atoms with Crippen molar-refractivity contribution in [1.82, 2.24) is 15.3 Å². The van der Waals surface area contributed by atoms with Crippen molar-refractivity contribution in [3.63, 3.8) is 0 Å². The molecule has 0 spiro atoms. The van der Waals surface area contributed by atoms with Crippen LogP contribution < -0.4 is 15.5 Å². The van der Waals surface area contributed by atoms with E-state index >= 15 is 0 Å². The number of hydrogen-bond donors (Lipinski definition) is 2. The van der Waals surface area contributed by atoms with Crippen LogP contribution >= 0.6 is 12.2 Å². The fraction of sp³-hybridized carbons (Fsp3) is 0.667. The highest BCUT2D eigenvalue weighted by Crippen LogP contribution is 2.30. The highest BCUT2D eigenvalue weighted by molar-refractivity contribution is 7.80. The molecule has 2 N–H and O–H groups in total. The number of alkyl halides is 3. The highest BCUT2D eigenvalue weighted by Gasteiger charge is 2.34. The van der Waals surface area contributed by atoms with Gasteiger partial charge in [0, 0.05) is 32.3 Å². The van der Waals surface area contributed by atoms with Crippen molar-refractivity contribution in [2.24, 2.45) is 0 Å². The van der Waals surface area contributed by atoms with Crippen molar-refractivity contribution in [2.45, 2.75) is 25.1 Å². The lowest BCUT2D eigenvalue weighted by Crippen LogP contribution is -2.38. The Kier molecular flexibility index (Phi) is 6.09. The normalized spacial score (nSPS) is 20.9. The summed E-state index contributed by atoms with van der Waals surface area (Å²) in [6.07, 6.45) is -2.60. The molecule has 3 heterocycles. The molecule has 144 valence electrons. The van der Waals surface area contributed by atoms with E-state index in [1.54, 1.807) is 4.90 Å². The average Bonchev–Trinajstić information content (AvgIpc) is 3.13. The van der Waals surface area contributed by atoms with Gasteiger partial charge in [0.2, 0.25) is 5.95 Å². The zero-order valence-electron chi connectivity index (χ0n) is 14.0. The standard InChI is InChI=1S/C15H20F3N5O2S/c16-15(17,18)11-8-12(23-3-6-24-7-4-23)21-13(20-11)22-14(26)19-9-10-2-1-5-25-10/h8,10H,1-7,9H2,(H2,19,20,21,22,26). The first-order valence-electron chi connectivity index (χ1n) is 8.37. The number of nitrogens with one attached hydrogen (secondary N) is 2. The highest BCUT2D eigenvalue weighted by atomic mass is 32.1. The number of ether oxygens (including phenoxy) is 2. The van der Waals surface area contributed by atoms with E-state index in [-0.39, 0.29) is 23.0 Å². The molecule has 2 aliphatic heterocycles. The van der Waals surface area contributed by atoms with Crippen LogP contribution in [-0.2, 0) is 15.7 Å². The summed E-state index contributed by atoms with van der Waals surface area (Å²) in [7, 11) is 0. The second-order valence-electron chi connectivity index (χ2n) is 6.00. The molecule has 1 atom stereocenters. The number of anilines is 2. The summed E-state index contributed by atoms with van der Waals surface area (Å²) in [5.74, 6) is 0.00575. The molecule has 2 aliphatic rings. The fourth-order valence-corrected chi connectivity index (χ4v) is 2.92. The van der Waals surface area contributed by atoms with Crippen LogP contribution in [0.3, 0.4) is 0 Å². The molecule has 2 fully saturated rings. The molecule has 1 aromatic heterocycles. The maximum atomic E-state index is 13.2. The average molecular weight is 391 g/mol. The van der Waals surface area contributed by atoms with Crippen molar-refractivity contribution in [1.29, 1.82) is 0 Å². The molecule has 0 amide bonds. The number of aromatic nitrogens is 2. The molecule has 7 nitrogen and oxygen atoms in total. The van der Waals surface area contributed by atoms with Crippen molar-refractivity contribution in [3.8, 4) is 0 Å². The number of hydrogen-bond acceptors (Lipinski definition) is 6. The Bertz CT molecular complexity index is 634. The Labute approximate surface area is 154 Å². The molecule has 0 aliphatic carbocycles. The summed E-state index contributed by atoms with van der Waals surface area (Å²) in [5, 5.41) is 5.73. The molecule has 0 aromatic carbocycles. The maximum absolute atomic E-state index is 13.2. The SMILES string of the molecule is FC(F)(F)c1cc(N2CCOCC2)nc(NC(=S)NCC2CCCO2)n1. The fourth-order valence-electron chi connectivity index (χ4n) is 2.75. The van der Waals surface area contributed by atoms with Crippen LogP contribution in [0.5, 0.6) is 0 Å². The minimum Gasteiger partial charge on any atom is -0.378 e. The first kappa shape index (κ1) is 19.1. The lowest BCUT2D eigenvalue weighted by molar-refractivity contribution is -0.141. The van der Waals surface area contributed by atoms with Crippen molar-refractivity contribution < 1.29 is 22.6 Å². The quantitative estimate of drug-likeness (QED) is 0.753. The molecule has 1 unspecified atom stereocenters. The summed E-state index contributed by atoms with van der Waals surface area (Å²) in [6, 6.07) is 0.944. The Morgan fingerprint density at radius 3 is 2.69 bits per heavy atom. The van der Waals surface area contributed by atoms with Crippen molar-refractivity contribution in [3.05, 3.63) is 11.8 Å². The summed E-state index contributed by atoms with van der Waals surface area (Å²) < 4.78 is 50.2. The number of halogens is 3. The van der Waals surface area contributed by atoms with Gasteiger partial charge in [-0.2, -0.15) is 18.2 Å². The van der Waals surface area contributed by atoms with Gasteiger partial charge in [-0.05, 0) is 25.1 Å². The molecule has 3 rings (SSSR count). The van der Waals surface area contributed by atoms with E-state index in [0.717, 1.165) is 18.9 Å². The van der Waals surface area contributed by atoms with Gasteiger partial charge in [-0.3, -0.25) is 0 Å². The van der Waals surface area contributed by atoms with Gasteiger partial charge in [-0.15, -0.1) is 0 Å². The summed E-state index contributed by atoms with van der Waals surface area (Å²) >= 11 is 5.13. The van der Waals surface area contributed by atoms with E-state index in [2.05, 4.69) is 20.6 Å². The smallest absolute Gasteiger partial charge is 0.378 e. The molecule has 2 saturated heterocycles. The Balaban J connectivity index is 1.70. The summed E-state index contributed by atoms with van der Waals surface area (Å²) in [4.78, 5) is 9.47. The maximum Gasteiger partial charge on any atom is 0.433 e. The molecule has 0 bridgehead atoms. The van der Waals surface area contributed by atoms with Crippen LogP contribution in [0.2, 0.25) is 0 Å². The Hall–Kier alpha value is -1.72. The number of rotatable bonds is 4. The van der Waals surface area contributed by atoms with Crippen LogP contribution in [-0.4, -0.2) is 60.6 Å². The lowest BCUT2D eigenvalue weighted by Gasteiger charge is -2.28. The predicted octanol–water partition coefficient (Wildman–Crippen LogP) is 1.80. The summed E-state index contributed by atoms with van der Waals surface area (Å²) in [5.41, 5.74) is -1.02. The Morgan fingerprint density at radius 1 is 1.27 bits per heavy atom. The van der Waals surface area contributed by atoms with E-state index in [4.69, 9.17) is 21.7 Å². The number of nitrogens with zero attached hydrogens (tertiary/aromatic N) is 3. The zero-order chi connectivity index (χ0) is 18.6. The molecular formula is C15H20F3N5O2S. The van der Waals surface area contributed by atoms with Gasteiger partial charge >= 0.3 is 6.18 Å². The zero-order valence-corrected chi connectivity index (χ0v) is 14.8. The number of morpholine rings is 1. The van der Waals surface area contributed by atoms with Gasteiger partial charge in [0.25, 0.3) is 0 Å². The second kappa shape index (κ2) is 8.31. The third kappa shape index (κ3) is 5.15. The molecule has 1 aromatic rings. The van der Waals surface area contributed by atoms with Crippen LogP contribution in [0, 0.1) is 0 Å². The minimum atomic E-state index is -4.58. The topological polar surface area (TPSA) is 71.5 Å². The lowest BCUT2D eigenvalue weighted by atomic mass is 10.2. The van der Waals surface area contributed by atoms with Gasteiger partial charge in [-0.1, -0.05) is 0 Å². The number of thiocarbonyl (C=S) groups is 1. The van der Waals surface area contributed by atoms with Crippen molar-refractivity contribution >= 4 is 29.1 Å².